The molecule has 0 aliphatic rings. The van der Waals surface area contributed by atoms with E-state index in [1.807, 2.05) is 42.5 Å². The molecule has 0 amide bonds. The predicted octanol–water partition coefficient (Wildman–Crippen LogP) is 3.72. The lowest BCUT2D eigenvalue weighted by molar-refractivity contribution is -0.135. The maximum absolute atomic E-state index is 10.8. The van der Waals surface area contributed by atoms with Crippen molar-refractivity contribution in [3.63, 3.8) is 0 Å². The van der Waals surface area contributed by atoms with Gasteiger partial charge in [-0.15, -0.1) is 0 Å². The van der Waals surface area contributed by atoms with Gasteiger partial charge in [0.2, 0.25) is 5.76 Å². The van der Waals surface area contributed by atoms with Gasteiger partial charge in [0, 0.05) is 0 Å². The van der Waals surface area contributed by atoms with Crippen LogP contribution in [0.1, 0.15) is 6.92 Å². The van der Waals surface area contributed by atoms with Gasteiger partial charge in [0.25, 0.3) is 0 Å². The third-order valence-corrected chi connectivity index (χ3v) is 2.66. The highest BCUT2D eigenvalue weighted by atomic mass is 16.5. The van der Waals surface area contributed by atoms with Crippen LogP contribution >= 0.6 is 0 Å². The Kier molecular flexibility index (Phi) is 3.98. The molecule has 1 N–H and O–H groups in total. The average Bonchev–Trinajstić information content (AvgIpc) is 2.46. The normalized spacial score (nSPS) is 11.1. The SMILES string of the molecule is CC=C(Oc1ccc(-c2ccccc2)cc1)C(=O)O. The zero-order valence-corrected chi connectivity index (χ0v) is 10.5. The monoisotopic (exact) mass is 254 g/mol. The van der Waals surface area contributed by atoms with Gasteiger partial charge >= 0.3 is 5.97 Å². The van der Waals surface area contributed by atoms with Gasteiger partial charge in [-0.1, -0.05) is 42.5 Å². The van der Waals surface area contributed by atoms with E-state index in [-0.39, 0.29) is 5.76 Å². The van der Waals surface area contributed by atoms with E-state index in [0.717, 1.165) is 11.1 Å². The van der Waals surface area contributed by atoms with Gasteiger partial charge in [0.05, 0.1) is 0 Å². The third kappa shape index (κ3) is 3.22. The molecule has 0 spiro atoms. The third-order valence-electron chi connectivity index (χ3n) is 2.66. The molecular weight excluding hydrogens is 240 g/mol. The van der Waals surface area contributed by atoms with Crippen molar-refractivity contribution in [2.45, 2.75) is 6.92 Å². The van der Waals surface area contributed by atoms with E-state index in [2.05, 4.69) is 0 Å². The second kappa shape index (κ2) is 5.87. The zero-order valence-electron chi connectivity index (χ0n) is 10.5. The molecule has 3 nitrogen and oxygen atoms in total. The topological polar surface area (TPSA) is 46.5 Å². The Morgan fingerprint density at radius 2 is 1.58 bits per heavy atom. The summed E-state index contributed by atoms with van der Waals surface area (Å²) in [7, 11) is 0. The highest BCUT2D eigenvalue weighted by Gasteiger charge is 2.08. The van der Waals surface area contributed by atoms with Crippen LogP contribution in [0.3, 0.4) is 0 Å². The number of allylic oxidation sites excluding steroid dienone is 1. The quantitative estimate of drug-likeness (QED) is 0.668. The van der Waals surface area contributed by atoms with Gasteiger partial charge in [-0.05, 0) is 36.3 Å². The molecule has 2 aromatic carbocycles. The lowest BCUT2D eigenvalue weighted by Crippen LogP contribution is -2.07. The van der Waals surface area contributed by atoms with Crippen LogP contribution in [0.5, 0.6) is 5.75 Å². The molecule has 2 rings (SSSR count). The maximum Gasteiger partial charge on any atom is 0.371 e. The van der Waals surface area contributed by atoms with Gasteiger partial charge in [-0.25, -0.2) is 4.79 Å². The van der Waals surface area contributed by atoms with Crippen molar-refractivity contribution in [2.24, 2.45) is 0 Å². The molecule has 96 valence electrons. The summed E-state index contributed by atoms with van der Waals surface area (Å²) in [6.07, 6.45) is 1.42. The molecule has 0 bridgehead atoms. The summed E-state index contributed by atoms with van der Waals surface area (Å²) in [6, 6.07) is 17.3. The summed E-state index contributed by atoms with van der Waals surface area (Å²) in [4.78, 5) is 10.8. The number of carboxylic acids is 1. The predicted molar refractivity (Wildman–Crippen MR) is 73.9 cm³/mol. The van der Waals surface area contributed by atoms with Gasteiger partial charge in [-0.3, -0.25) is 0 Å². The molecule has 0 fully saturated rings. The molecule has 0 atom stereocenters. The second-order valence-electron chi connectivity index (χ2n) is 3.95. The van der Waals surface area contributed by atoms with E-state index in [4.69, 9.17) is 9.84 Å². The summed E-state index contributed by atoms with van der Waals surface area (Å²) < 4.78 is 5.28. The Bertz CT molecular complexity index is 583. The largest absolute Gasteiger partial charge is 0.475 e. The second-order valence-corrected chi connectivity index (χ2v) is 3.95. The van der Waals surface area contributed by atoms with Crippen molar-refractivity contribution in [1.82, 2.24) is 0 Å². The Balaban J connectivity index is 2.18. The molecule has 0 heterocycles. The number of ether oxygens (including phenoxy) is 1. The first-order valence-electron chi connectivity index (χ1n) is 5.93. The van der Waals surface area contributed by atoms with Gasteiger partial charge in [-0.2, -0.15) is 0 Å². The highest BCUT2D eigenvalue weighted by molar-refractivity contribution is 5.84. The maximum atomic E-state index is 10.8. The number of aliphatic carboxylic acids is 1. The minimum absolute atomic E-state index is 0.0764. The fraction of sp³-hybridized carbons (Fsp3) is 0.0625. The van der Waals surface area contributed by atoms with Crippen LogP contribution in [-0.4, -0.2) is 11.1 Å². The molecule has 0 aromatic heterocycles. The molecule has 0 radical (unpaired) electrons. The zero-order chi connectivity index (χ0) is 13.7. The first-order valence-corrected chi connectivity index (χ1v) is 5.93. The summed E-state index contributed by atoms with van der Waals surface area (Å²) in [5.74, 6) is -0.641. The van der Waals surface area contributed by atoms with Crippen LogP contribution in [0.15, 0.2) is 66.4 Å². The molecular formula is C16H14O3. The number of carbonyl (C=O) groups is 1. The van der Waals surface area contributed by atoms with Crippen LogP contribution in [-0.2, 0) is 4.79 Å². The van der Waals surface area contributed by atoms with Crippen molar-refractivity contribution in [2.75, 3.05) is 0 Å². The molecule has 2 aromatic rings. The minimum atomic E-state index is -1.07. The van der Waals surface area contributed by atoms with Crippen molar-refractivity contribution >= 4 is 5.97 Å². The number of hydrogen-bond donors (Lipinski definition) is 1. The van der Waals surface area contributed by atoms with E-state index >= 15 is 0 Å². The van der Waals surface area contributed by atoms with Crippen LogP contribution in [0, 0.1) is 0 Å². The Morgan fingerprint density at radius 3 is 2.11 bits per heavy atom. The summed E-state index contributed by atoms with van der Waals surface area (Å²) in [5.41, 5.74) is 2.17. The standard InChI is InChI=1S/C16H14O3/c1-2-15(16(17)18)19-14-10-8-13(9-11-14)12-6-4-3-5-7-12/h2-11H,1H3,(H,17,18). The lowest BCUT2D eigenvalue weighted by atomic mass is 10.1. The molecule has 0 saturated heterocycles. The van der Waals surface area contributed by atoms with Crippen LogP contribution in [0.4, 0.5) is 0 Å². The van der Waals surface area contributed by atoms with Crippen LogP contribution in [0.2, 0.25) is 0 Å². The average molecular weight is 254 g/mol. The molecule has 19 heavy (non-hydrogen) atoms. The van der Waals surface area contributed by atoms with Gasteiger partial charge < -0.3 is 9.84 Å². The fourth-order valence-electron chi connectivity index (χ4n) is 1.70. The van der Waals surface area contributed by atoms with E-state index in [0.29, 0.717) is 5.75 Å². The van der Waals surface area contributed by atoms with Gasteiger partial charge in [0.1, 0.15) is 5.75 Å². The lowest BCUT2D eigenvalue weighted by Gasteiger charge is -2.07. The number of rotatable bonds is 4. The minimum Gasteiger partial charge on any atom is -0.475 e. The van der Waals surface area contributed by atoms with E-state index in [1.54, 1.807) is 19.1 Å². The van der Waals surface area contributed by atoms with E-state index < -0.39 is 5.97 Å². The Morgan fingerprint density at radius 1 is 1.00 bits per heavy atom. The number of carboxylic acid groups (broad SMARTS) is 1. The molecule has 0 unspecified atom stereocenters. The molecule has 0 saturated carbocycles. The van der Waals surface area contributed by atoms with Crippen molar-refractivity contribution < 1.29 is 14.6 Å². The van der Waals surface area contributed by atoms with Gasteiger partial charge in [0.15, 0.2) is 0 Å². The molecule has 0 aliphatic carbocycles. The van der Waals surface area contributed by atoms with Crippen molar-refractivity contribution in [1.29, 1.82) is 0 Å². The Hall–Kier alpha value is -2.55. The van der Waals surface area contributed by atoms with Crippen molar-refractivity contribution in [3.05, 3.63) is 66.4 Å². The van der Waals surface area contributed by atoms with E-state index in [1.165, 1.54) is 6.08 Å². The van der Waals surface area contributed by atoms with E-state index in [9.17, 15) is 4.79 Å². The fourth-order valence-corrected chi connectivity index (χ4v) is 1.70. The molecule has 0 aliphatic heterocycles. The number of hydrogen-bond acceptors (Lipinski definition) is 2. The van der Waals surface area contributed by atoms with Crippen LogP contribution in [0.25, 0.3) is 11.1 Å². The first-order chi connectivity index (χ1) is 9.20. The summed E-state index contributed by atoms with van der Waals surface area (Å²) in [5, 5.41) is 8.87. The smallest absolute Gasteiger partial charge is 0.371 e. The molecule has 3 heteroatoms. The first kappa shape index (κ1) is 12.9. The summed E-state index contributed by atoms with van der Waals surface area (Å²) in [6.45, 7) is 1.63. The Labute approximate surface area is 111 Å². The van der Waals surface area contributed by atoms with Crippen LogP contribution < -0.4 is 4.74 Å². The van der Waals surface area contributed by atoms with Crippen molar-refractivity contribution in [3.8, 4) is 16.9 Å². The number of benzene rings is 2. The highest BCUT2D eigenvalue weighted by Crippen LogP contribution is 2.23. The summed E-state index contributed by atoms with van der Waals surface area (Å²) >= 11 is 0.